The first-order valence-electron chi connectivity index (χ1n) is 10.0. The minimum Gasteiger partial charge on any atom is -0.325 e. The molecule has 0 bridgehead atoms. The van der Waals surface area contributed by atoms with Gasteiger partial charge in [-0.15, -0.1) is 10.2 Å². The molecule has 0 spiro atoms. The fourth-order valence-electron chi connectivity index (χ4n) is 3.44. The Hall–Kier alpha value is -3.19. The van der Waals surface area contributed by atoms with Crippen LogP contribution >= 0.6 is 11.8 Å². The molecule has 30 heavy (non-hydrogen) atoms. The molecular formula is C23H21N5OS. The second kappa shape index (κ2) is 7.91. The van der Waals surface area contributed by atoms with E-state index in [0.717, 1.165) is 45.8 Å². The monoisotopic (exact) mass is 415 g/mol. The third-order valence-electron chi connectivity index (χ3n) is 5.18. The van der Waals surface area contributed by atoms with Crippen LogP contribution in [-0.2, 0) is 4.79 Å². The van der Waals surface area contributed by atoms with Gasteiger partial charge in [0.1, 0.15) is 0 Å². The van der Waals surface area contributed by atoms with Crippen molar-refractivity contribution in [3.05, 3.63) is 67.0 Å². The Morgan fingerprint density at radius 3 is 2.60 bits per heavy atom. The zero-order valence-electron chi connectivity index (χ0n) is 16.5. The number of hydrogen-bond acceptors (Lipinski definition) is 5. The first-order valence-corrected chi connectivity index (χ1v) is 10.9. The second-order valence-corrected chi connectivity index (χ2v) is 8.76. The Labute approximate surface area is 178 Å². The van der Waals surface area contributed by atoms with Crippen molar-refractivity contribution in [3.8, 4) is 11.4 Å². The van der Waals surface area contributed by atoms with E-state index < -0.39 is 0 Å². The first kappa shape index (κ1) is 18.8. The van der Waals surface area contributed by atoms with Crippen molar-refractivity contribution in [2.75, 3.05) is 5.32 Å². The van der Waals surface area contributed by atoms with Crippen molar-refractivity contribution in [1.82, 2.24) is 19.7 Å². The summed E-state index contributed by atoms with van der Waals surface area (Å²) in [4.78, 5) is 16.9. The maximum atomic E-state index is 12.8. The Kier molecular flexibility index (Phi) is 4.96. The van der Waals surface area contributed by atoms with Crippen LogP contribution in [0.1, 0.15) is 25.8 Å². The maximum absolute atomic E-state index is 12.8. The molecule has 0 unspecified atom stereocenters. The maximum Gasteiger partial charge on any atom is 0.237 e. The summed E-state index contributed by atoms with van der Waals surface area (Å²) in [7, 11) is 0. The van der Waals surface area contributed by atoms with Crippen LogP contribution in [0.2, 0.25) is 0 Å². The van der Waals surface area contributed by atoms with Gasteiger partial charge in [-0.05, 0) is 54.8 Å². The van der Waals surface area contributed by atoms with Crippen LogP contribution in [0.4, 0.5) is 5.69 Å². The summed E-state index contributed by atoms with van der Waals surface area (Å²) in [6.07, 6.45) is 5.74. The van der Waals surface area contributed by atoms with E-state index in [1.807, 2.05) is 55.5 Å². The number of nitrogens with one attached hydrogen (secondary N) is 1. The number of aromatic nitrogens is 4. The molecule has 1 N–H and O–H groups in total. The lowest BCUT2D eigenvalue weighted by atomic mass is 10.1. The highest BCUT2D eigenvalue weighted by molar-refractivity contribution is 8.00. The zero-order valence-corrected chi connectivity index (χ0v) is 17.3. The van der Waals surface area contributed by atoms with Gasteiger partial charge in [-0.25, -0.2) is 0 Å². The lowest BCUT2D eigenvalue weighted by molar-refractivity contribution is -0.115. The summed E-state index contributed by atoms with van der Waals surface area (Å²) in [5.74, 6) is 0.788. The zero-order chi connectivity index (χ0) is 20.5. The molecule has 2 aromatic carbocycles. The van der Waals surface area contributed by atoms with Gasteiger partial charge in [0.05, 0.1) is 5.25 Å². The predicted octanol–water partition coefficient (Wildman–Crippen LogP) is 4.95. The lowest BCUT2D eigenvalue weighted by Crippen LogP contribution is -2.23. The Morgan fingerprint density at radius 2 is 1.83 bits per heavy atom. The minimum absolute atomic E-state index is 0.0499. The van der Waals surface area contributed by atoms with E-state index in [1.165, 1.54) is 11.8 Å². The molecule has 1 saturated carbocycles. The van der Waals surface area contributed by atoms with Crippen molar-refractivity contribution in [2.45, 2.75) is 36.2 Å². The molecule has 2 heterocycles. The molecule has 1 aliphatic carbocycles. The number of thioether (sulfide) groups is 1. The number of amides is 1. The van der Waals surface area contributed by atoms with E-state index in [9.17, 15) is 4.79 Å². The SMILES string of the molecule is C[C@@H](Sc1nnc(-c2ccncc2)n1C1CC1)C(=O)Nc1ccc2ccccc2c1. The molecule has 2 aromatic heterocycles. The lowest BCUT2D eigenvalue weighted by Gasteiger charge is -2.14. The quantitative estimate of drug-likeness (QED) is 0.451. The Balaban J connectivity index is 1.34. The molecule has 4 aromatic rings. The van der Waals surface area contributed by atoms with Crippen molar-refractivity contribution >= 4 is 34.1 Å². The van der Waals surface area contributed by atoms with Gasteiger partial charge in [-0.3, -0.25) is 14.3 Å². The van der Waals surface area contributed by atoms with E-state index >= 15 is 0 Å². The number of nitrogens with zero attached hydrogens (tertiary/aromatic N) is 4. The van der Waals surface area contributed by atoms with Gasteiger partial charge >= 0.3 is 0 Å². The molecule has 1 atom stereocenters. The number of anilines is 1. The largest absolute Gasteiger partial charge is 0.325 e. The van der Waals surface area contributed by atoms with Crippen molar-refractivity contribution in [2.24, 2.45) is 0 Å². The van der Waals surface area contributed by atoms with E-state index in [0.29, 0.717) is 6.04 Å². The number of hydrogen-bond donors (Lipinski definition) is 1. The van der Waals surface area contributed by atoms with Gasteiger partial charge in [-0.1, -0.05) is 42.1 Å². The van der Waals surface area contributed by atoms with Gasteiger partial charge in [0.15, 0.2) is 11.0 Å². The van der Waals surface area contributed by atoms with E-state index in [2.05, 4.69) is 31.1 Å². The molecule has 1 amide bonds. The van der Waals surface area contributed by atoms with E-state index in [1.54, 1.807) is 12.4 Å². The highest BCUT2D eigenvalue weighted by atomic mass is 32.2. The summed E-state index contributed by atoms with van der Waals surface area (Å²) in [5.41, 5.74) is 1.79. The molecule has 5 rings (SSSR count). The number of benzene rings is 2. The van der Waals surface area contributed by atoms with Crippen molar-refractivity contribution < 1.29 is 4.79 Å². The van der Waals surface area contributed by atoms with Gasteiger partial charge in [0.2, 0.25) is 5.91 Å². The van der Waals surface area contributed by atoms with E-state index in [-0.39, 0.29) is 11.2 Å². The van der Waals surface area contributed by atoms with Gasteiger partial charge in [0.25, 0.3) is 0 Å². The van der Waals surface area contributed by atoms with Gasteiger partial charge in [-0.2, -0.15) is 0 Å². The Morgan fingerprint density at radius 1 is 1.07 bits per heavy atom. The predicted molar refractivity (Wildman–Crippen MR) is 119 cm³/mol. The van der Waals surface area contributed by atoms with Crippen molar-refractivity contribution in [1.29, 1.82) is 0 Å². The Bertz CT molecular complexity index is 1200. The minimum atomic E-state index is -0.302. The summed E-state index contributed by atoms with van der Waals surface area (Å²) >= 11 is 1.45. The van der Waals surface area contributed by atoms with Crippen LogP contribution in [0.5, 0.6) is 0 Å². The standard InChI is InChI=1S/C23H21N5OS/c1-15(22(29)25-19-7-6-16-4-2-3-5-18(16)14-19)30-23-27-26-21(28(23)20-8-9-20)17-10-12-24-13-11-17/h2-7,10-15,20H,8-9H2,1H3,(H,25,29)/t15-/m1/s1. The van der Waals surface area contributed by atoms with Crippen LogP contribution in [0, 0.1) is 0 Å². The van der Waals surface area contributed by atoms with Crippen LogP contribution in [0.25, 0.3) is 22.2 Å². The van der Waals surface area contributed by atoms with Crippen LogP contribution < -0.4 is 5.32 Å². The average molecular weight is 416 g/mol. The number of carbonyl (C=O) groups excluding carboxylic acids is 1. The molecule has 150 valence electrons. The summed E-state index contributed by atoms with van der Waals surface area (Å²) in [6, 6.07) is 18.3. The summed E-state index contributed by atoms with van der Waals surface area (Å²) in [5, 5.41) is 14.6. The normalized spacial score (nSPS) is 14.6. The highest BCUT2D eigenvalue weighted by Crippen LogP contribution is 2.41. The summed E-state index contributed by atoms with van der Waals surface area (Å²) in [6.45, 7) is 1.90. The van der Waals surface area contributed by atoms with Crippen molar-refractivity contribution in [3.63, 3.8) is 0 Å². The fraction of sp³-hybridized carbons (Fsp3) is 0.217. The van der Waals surface area contributed by atoms with Gasteiger partial charge in [0, 0.05) is 29.7 Å². The number of rotatable bonds is 6. The average Bonchev–Trinajstić information content (AvgIpc) is 3.54. The van der Waals surface area contributed by atoms with Crippen LogP contribution in [0.15, 0.2) is 72.1 Å². The van der Waals surface area contributed by atoms with Gasteiger partial charge < -0.3 is 5.32 Å². The first-order chi connectivity index (χ1) is 14.7. The fourth-order valence-corrected chi connectivity index (χ4v) is 4.36. The molecule has 1 aliphatic rings. The molecular weight excluding hydrogens is 394 g/mol. The molecule has 1 fully saturated rings. The third-order valence-corrected chi connectivity index (χ3v) is 6.24. The molecule has 7 heteroatoms. The summed E-state index contributed by atoms with van der Waals surface area (Å²) < 4.78 is 2.17. The smallest absolute Gasteiger partial charge is 0.237 e. The second-order valence-electron chi connectivity index (χ2n) is 7.45. The third kappa shape index (κ3) is 3.80. The number of pyridine rings is 1. The number of fused-ring (bicyclic) bond motifs is 1. The molecule has 0 saturated heterocycles. The van der Waals surface area contributed by atoms with E-state index in [4.69, 9.17) is 0 Å². The molecule has 0 aliphatic heterocycles. The van der Waals surface area contributed by atoms with Crippen LogP contribution in [0.3, 0.4) is 0 Å². The number of carbonyl (C=O) groups is 1. The topological polar surface area (TPSA) is 72.7 Å². The van der Waals surface area contributed by atoms with Crippen LogP contribution in [-0.4, -0.2) is 30.9 Å². The molecule has 6 nitrogen and oxygen atoms in total. The molecule has 0 radical (unpaired) electrons. The highest BCUT2D eigenvalue weighted by Gasteiger charge is 2.31.